The Hall–Kier alpha value is -9.43. The first-order valence-electron chi connectivity index (χ1n) is 27.5. The Morgan fingerprint density at radius 1 is 0.308 bits per heavy atom. The lowest BCUT2D eigenvalue weighted by atomic mass is 9.52. The molecule has 0 aliphatic heterocycles. The molecule has 0 saturated heterocycles. The number of hydrogen-bond acceptors (Lipinski definition) is 1. The average Bonchev–Trinajstić information content (AvgIpc) is 3.93. The number of nitrogens with zero attached hydrogens (tertiary/aromatic N) is 1. The monoisotopic (exact) mass is 993 g/mol. The maximum Gasteiger partial charge on any atom is 0.0720 e. The molecule has 0 unspecified atom stereocenters. The fourth-order valence-electron chi connectivity index (χ4n) is 14.2. The predicted molar refractivity (Wildman–Crippen MR) is 325 cm³/mol. The van der Waals surface area contributed by atoms with Crippen molar-refractivity contribution < 1.29 is 0 Å². The molecule has 0 bridgehead atoms. The van der Waals surface area contributed by atoms with Crippen LogP contribution in [0.15, 0.2) is 279 Å². The highest BCUT2D eigenvalue weighted by atomic mass is 14.7. The SMILES string of the molecule is C/C=C\C=C/C1=Cc2ccccc2C12c1ccccc1C1(c3ccccc3-c3ccc(-c4ccc(-c5cc(-c6ccc7c(c6)C(C)(C)c6ccccc6-7)cc(-c6ccc(-c7ccccc7)cc6)n5)cc4)cc31)c1ccccc12. The van der Waals surface area contributed by atoms with Gasteiger partial charge in [0.1, 0.15) is 0 Å². The first-order chi connectivity index (χ1) is 38.4. The van der Waals surface area contributed by atoms with Crippen LogP contribution < -0.4 is 0 Å². The van der Waals surface area contributed by atoms with Crippen LogP contribution in [0.5, 0.6) is 0 Å². The number of hydrogen-bond donors (Lipinski definition) is 0. The summed E-state index contributed by atoms with van der Waals surface area (Å²) < 4.78 is 0. The lowest BCUT2D eigenvalue weighted by Gasteiger charge is -2.49. The van der Waals surface area contributed by atoms with E-state index < -0.39 is 10.8 Å². The maximum absolute atomic E-state index is 5.47. The molecule has 1 nitrogen and oxygen atoms in total. The summed E-state index contributed by atoms with van der Waals surface area (Å²) >= 11 is 0. The Morgan fingerprint density at radius 2 is 0.731 bits per heavy atom. The van der Waals surface area contributed by atoms with Gasteiger partial charge in [-0.15, -0.1) is 0 Å². The highest BCUT2D eigenvalue weighted by Crippen LogP contribution is 2.66. The van der Waals surface area contributed by atoms with Crippen molar-refractivity contribution in [2.24, 2.45) is 0 Å². The number of pyridine rings is 1. The van der Waals surface area contributed by atoms with E-state index in [0.717, 1.165) is 28.1 Å². The number of aromatic nitrogens is 1. The lowest BCUT2D eigenvalue weighted by molar-refractivity contribution is 0.630. The summed E-state index contributed by atoms with van der Waals surface area (Å²) in [6.07, 6.45) is 11.2. The van der Waals surface area contributed by atoms with E-state index in [1.807, 2.05) is 0 Å². The fourth-order valence-corrected chi connectivity index (χ4v) is 14.2. The molecule has 0 radical (unpaired) electrons. The van der Waals surface area contributed by atoms with Gasteiger partial charge in [-0.2, -0.15) is 0 Å². The summed E-state index contributed by atoms with van der Waals surface area (Å²) in [5.74, 6) is 0. The molecule has 0 N–H and O–H groups in total. The summed E-state index contributed by atoms with van der Waals surface area (Å²) in [4.78, 5) is 5.47. The van der Waals surface area contributed by atoms with Gasteiger partial charge in [-0.25, -0.2) is 4.98 Å². The van der Waals surface area contributed by atoms with Gasteiger partial charge in [0.25, 0.3) is 0 Å². The maximum atomic E-state index is 5.47. The molecule has 1 heteroatoms. The molecule has 10 aromatic carbocycles. The quantitative estimate of drug-likeness (QED) is 0.145. The third kappa shape index (κ3) is 6.58. The zero-order chi connectivity index (χ0) is 52.2. The third-order valence-corrected chi connectivity index (χ3v) is 17.7. The topological polar surface area (TPSA) is 12.9 Å². The van der Waals surface area contributed by atoms with E-state index in [0.29, 0.717) is 0 Å². The van der Waals surface area contributed by atoms with Gasteiger partial charge >= 0.3 is 0 Å². The molecule has 1 heterocycles. The minimum Gasteiger partial charge on any atom is -0.248 e. The summed E-state index contributed by atoms with van der Waals surface area (Å²) in [5.41, 5.74) is 29.8. The second kappa shape index (κ2) is 17.6. The zero-order valence-corrected chi connectivity index (χ0v) is 44.0. The van der Waals surface area contributed by atoms with E-state index in [-0.39, 0.29) is 5.41 Å². The van der Waals surface area contributed by atoms with Crippen LogP contribution in [0.2, 0.25) is 0 Å². The predicted octanol–water partition coefficient (Wildman–Crippen LogP) is 19.3. The number of benzene rings is 10. The highest BCUT2D eigenvalue weighted by Gasteiger charge is 2.58. The summed E-state index contributed by atoms with van der Waals surface area (Å²) in [6.45, 7) is 6.80. The number of allylic oxidation sites excluding steroid dienone is 5. The van der Waals surface area contributed by atoms with Crippen LogP contribution in [-0.4, -0.2) is 4.98 Å². The molecule has 0 saturated carbocycles. The van der Waals surface area contributed by atoms with Gasteiger partial charge in [-0.3, -0.25) is 0 Å². The molecule has 4 aliphatic carbocycles. The molecule has 0 amide bonds. The summed E-state index contributed by atoms with van der Waals surface area (Å²) in [7, 11) is 0. The van der Waals surface area contributed by atoms with Crippen LogP contribution in [0.25, 0.3) is 84.2 Å². The van der Waals surface area contributed by atoms with Gasteiger partial charge in [0.05, 0.1) is 22.2 Å². The Kier molecular flexibility index (Phi) is 10.3. The van der Waals surface area contributed by atoms with Gasteiger partial charge in [-0.1, -0.05) is 263 Å². The van der Waals surface area contributed by atoms with Crippen molar-refractivity contribution in [3.8, 4) is 78.1 Å². The van der Waals surface area contributed by atoms with Crippen molar-refractivity contribution in [2.75, 3.05) is 0 Å². The molecule has 4 aliphatic rings. The molecule has 2 spiro atoms. The number of fused-ring (bicyclic) bond motifs is 16. The largest absolute Gasteiger partial charge is 0.248 e. The normalized spacial score (nSPS) is 17.6. The standard InChI is InChI=1S/C77H55N/c1-4-5-7-23-59-45-57-22-10-13-26-64(57)76(59)67-29-16-18-31-69(67)77(70-32-19-17-30-68(70)76)66-28-15-12-25-61(66)63-44-41-55(47-72(63)77)52-35-39-54(40-36-52)74-49-58(48-73(78-74)53-37-33-51(34-38-53)50-20-8-6-9-21-50)56-42-43-62-60-24-11-14-27-65(60)75(2,3)71(62)46-56/h4-49H,1-3H3/b5-4-,23-7-. The first kappa shape index (κ1) is 45.9. The van der Waals surface area contributed by atoms with E-state index in [1.54, 1.807) is 0 Å². The van der Waals surface area contributed by atoms with E-state index in [2.05, 4.69) is 300 Å². The molecule has 78 heavy (non-hydrogen) atoms. The van der Waals surface area contributed by atoms with Gasteiger partial charge in [0.2, 0.25) is 0 Å². The van der Waals surface area contributed by atoms with E-state index >= 15 is 0 Å². The van der Waals surface area contributed by atoms with Gasteiger partial charge in [-0.05, 0) is 154 Å². The lowest BCUT2D eigenvalue weighted by Crippen LogP contribution is -2.44. The first-order valence-corrected chi connectivity index (χ1v) is 27.5. The van der Waals surface area contributed by atoms with Crippen molar-refractivity contribution >= 4 is 6.08 Å². The van der Waals surface area contributed by atoms with E-state index in [9.17, 15) is 0 Å². The van der Waals surface area contributed by atoms with Crippen LogP contribution in [0, 0.1) is 0 Å². The van der Waals surface area contributed by atoms with Gasteiger partial charge in [0, 0.05) is 16.5 Å². The van der Waals surface area contributed by atoms with E-state index in [4.69, 9.17) is 4.98 Å². The van der Waals surface area contributed by atoms with E-state index in [1.165, 1.54) is 111 Å². The van der Waals surface area contributed by atoms with Crippen LogP contribution in [0.3, 0.4) is 0 Å². The third-order valence-electron chi connectivity index (χ3n) is 17.7. The van der Waals surface area contributed by atoms with Gasteiger partial charge < -0.3 is 0 Å². The minimum atomic E-state index is -0.564. The zero-order valence-electron chi connectivity index (χ0n) is 44.0. The Bertz CT molecular complexity index is 4280. The highest BCUT2D eigenvalue weighted by molar-refractivity contribution is 5.94. The molecular formula is C77H55N. The van der Waals surface area contributed by atoms with Crippen molar-refractivity contribution in [1.29, 1.82) is 0 Å². The van der Waals surface area contributed by atoms with Gasteiger partial charge in [0.15, 0.2) is 0 Å². The second-order valence-electron chi connectivity index (χ2n) is 22.0. The molecule has 368 valence electrons. The van der Waals surface area contributed by atoms with Crippen LogP contribution in [-0.2, 0) is 16.2 Å². The average molecular weight is 994 g/mol. The Labute approximate surface area is 458 Å². The van der Waals surface area contributed by atoms with Crippen molar-refractivity contribution in [3.05, 3.63) is 334 Å². The molecule has 1 aromatic heterocycles. The number of rotatable bonds is 7. The second-order valence-corrected chi connectivity index (χ2v) is 22.0. The van der Waals surface area contributed by atoms with Crippen LogP contribution >= 0.6 is 0 Å². The molecular weight excluding hydrogens is 939 g/mol. The van der Waals surface area contributed by atoms with Crippen LogP contribution in [0.1, 0.15) is 76.4 Å². The fraction of sp³-hybridized carbons (Fsp3) is 0.0779. The van der Waals surface area contributed by atoms with Crippen molar-refractivity contribution in [2.45, 2.75) is 37.0 Å². The minimum absolute atomic E-state index is 0.109. The Morgan fingerprint density at radius 3 is 1.35 bits per heavy atom. The summed E-state index contributed by atoms with van der Waals surface area (Å²) in [6, 6.07) is 93.2. The van der Waals surface area contributed by atoms with Crippen molar-refractivity contribution in [3.63, 3.8) is 0 Å². The Balaban J connectivity index is 0.865. The molecule has 11 aromatic rings. The summed E-state index contributed by atoms with van der Waals surface area (Å²) in [5, 5.41) is 0. The van der Waals surface area contributed by atoms with Crippen molar-refractivity contribution in [1.82, 2.24) is 4.98 Å². The molecule has 0 fully saturated rings. The molecule has 0 atom stereocenters. The van der Waals surface area contributed by atoms with Crippen LogP contribution in [0.4, 0.5) is 0 Å². The molecule has 15 rings (SSSR count). The smallest absolute Gasteiger partial charge is 0.0720 e.